The number of thioether (sulfide) groups is 1. The van der Waals surface area contributed by atoms with Gasteiger partial charge in [0.15, 0.2) is 16.1 Å². The number of ether oxygens (including phenoxy) is 2. The van der Waals surface area contributed by atoms with Gasteiger partial charge in [0, 0.05) is 6.54 Å². The molecule has 3 rings (SSSR count). The van der Waals surface area contributed by atoms with Crippen LogP contribution in [0.5, 0.6) is 5.88 Å². The van der Waals surface area contributed by atoms with Crippen molar-refractivity contribution in [3.63, 3.8) is 0 Å². The summed E-state index contributed by atoms with van der Waals surface area (Å²) < 4.78 is 25.3. The minimum atomic E-state index is -1.07. The molecule has 0 aliphatic carbocycles. The Hall–Kier alpha value is -1.42. The zero-order chi connectivity index (χ0) is 18.2. The normalized spacial score (nSPS) is 21.4. The molecule has 7 nitrogen and oxygen atoms in total. The van der Waals surface area contributed by atoms with Crippen molar-refractivity contribution in [2.75, 3.05) is 44.6 Å². The van der Waals surface area contributed by atoms with Crippen LogP contribution in [0.3, 0.4) is 0 Å². The molecule has 1 fully saturated rings. The van der Waals surface area contributed by atoms with Crippen molar-refractivity contribution in [2.24, 2.45) is 0 Å². The summed E-state index contributed by atoms with van der Waals surface area (Å²) >= 11 is 7.15. The smallest absolute Gasteiger partial charge is 0.228 e. The average molecular weight is 389 g/mol. The van der Waals surface area contributed by atoms with Gasteiger partial charge in [0.2, 0.25) is 5.88 Å². The third-order valence-corrected chi connectivity index (χ3v) is 4.60. The summed E-state index contributed by atoms with van der Waals surface area (Å²) in [6.45, 7) is 3.03. The minimum absolute atomic E-state index is 0.0380. The van der Waals surface area contributed by atoms with Gasteiger partial charge in [-0.15, -0.1) is 0 Å². The van der Waals surface area contributed by atoms with Gasteiger partial charge in [0.1, 0.15) is 22.3 Å². The first-order valence-electron chi connectivity index (χ1n) is 7.56. The topological polar surface area (TPSA) is 80.6 Å². The van der Waals surface area contributed by atoms with Gasteiger partial charge in [-0.05, 0) is 13.2 Å². The fourth-order valence-electron chi connectivity index (χ4n) is 2.73. The molecular weight excluding hydrogens is 371 g/mol. The summed E-state index contributed by atoms with van der Waals surface area (Å²) in [6, 6.07) is 0. The molecule has 2 aromatic heterocycles. The molecule has 0 radical (unpaired) electrons. The van der Waals surface area contributed by atoms with Crippen molar-refractivity contribution in [1.29, 1.82) is 0 Å². The lowest BCUT2D eigenvalue weighted by Gasteiger charge is -2.29. The van der Waals surface area contributed by atoms with Gasteiger partial charge >= 0.3 is 0 Å². The monoisotopic (exact) mass is 388 g/mol. The molecular formula is C15H18ClFN4O3S. The van der Waals surface area contributed by atoms with Crippen LogP contribution in [0, 0.1) is 5.82 Å². The van der Waals surface area contributed by atoms with Crippen LogP contribution in [-0.4, -0.2) is 65.3 Å². The molecule has 1 atom stereocenters. The zero-order valence-electron chi connectivity index (χ0n) is 14.0. The van der Waals surface area contributed by atoms with Crippen molar-refractivity contribution in [3.05, 3.63) is 11.0 Å². The molecule has 0 bridgehead atoms. The molecule has 0 unspecified atom stereocenters. The zero-order valence-corrected chi connectivity index (χ0v) is 15.6. The van der Waals surface area contributed by atoms with Crippen LogP contribution >= 0.6 is 23.4 Å². The van der Waals surface area contributed by atoms with Crippen molar-refractivity contribution >= 4 is 40.1 Å². The Kier molecular flexibility index (Phi) is 5.19. The average Bonchev–Trinajstić information content (AvgIpc) is 2.77. The van der Waals surface area contributed by atoms with Gasteiger partial charge in [-0.3, -0.25) is 0 Å². The largest absolute Gasteiger partial charge is 0.480 e. The summed E-state index contributed by atoms with van der Waals surface area (Å²) in [5.74, 6) is -0.164. The predicted molar refractivity (Wildman–Crippen MR) is 94.3 cm³/mol. The van der Waals surface area contributed by atoms with E-state index in [0.717, 1.165) is 0 Å². The number of nitrogens with zero attached hydrogens (tertiary/aromatic N) is 4. The first-order valence-corrected chi connectivity index (χ1v) is 9.16. The van der Waals surface area contributed by atoms with E-state index in [2.05, 4.69) is 15.0 Å². The summed E-state index contributed by atoms with van der Waals surface area (Å²) in [6.07, 6.45) is 1.80. The van der Waals surface area contributed by atoms with Crippen LogP contribution in [0.15, 0.2) is 5.16 Å². The molecule has 1 aliphatic rings. The molecule has 0 saturated carbocycles. The molecule has 0 amide bonds. The van der Waals surface area contributed by atoms with Crippen molar-refractivity contribution in [2.45, 2.75) is 17.7 Å². The predicted octanol–water partition coefficient (Wildman–Crippen LogP) is 2.14. The number of aliphatic hydroxyl groups is 1. The van der Waals surface area contributed by atoms with Gasteiger partial charge in [-0.2, -0.15) is 4.98 Å². The van der Waals surface area contributed by atoms with Crippen molar-refractivity contribution in [1.82, 2.24) is 15.0 Å². The van der Waals surface area contributed by atoms with E-state index >= 15 is 0 Å². The Morgan fingerprint density at radius 1 is 1.40 bits per heavy atom. The Bertz CT molecular complexity index is 808. The maximum atomic E-state index is 14.6. The highest BCUT2D eigenvalue weighted by Crippen LogP contribution is 2.36. The lowest BCUT2D eigenvalue weighted by molar-refractivity contribution is -0.0123. The maximum Gasteiger partial charge on any atom is 0.228 e. The molecule has 10 heteroatoms. The van der Waals surface area contributed by atoms with E-state index in [9.17, 15) is 9.50 Å². The number of methoxy groups -OCH3 is 1. The molecule has 0 aromatic carbocycles. The third kappa shape index (κ3) is 3.59. The summed E-state index contributed by atoms with van der Waals surface area (Å²) in [5, 5.41) is 10.8. The van der Waals surface area contributed by atoms with Crippen LogP contribution in [0.25, 0.3) is 10.9 Å². The van der Waals surface area contributed by atoms with Gasteiger partial charge in [-0.25, -0.2) is 14.4 Å². The standard InChI is InChI=1S/C15H18ClFN4O3S/c1-15(22)6-21(4-5-24-7-15)12-8-10(18-14(20-12)25-3)9(17)11(16)19-13(8)23-2/h22H,4-7H2,1-3H3/t15-/m0/s1. The van der Waals surface area contributed by atoms with Gasteiger partial charge in [0.25, 0.3) is 0 Å². The highest BCUT2D eigenvalue weighted by atomic mass is 35.5. The van der Waals surface area contributed by atoms with E-state index in [1.807, 2.05) is 4.90 Å². The van der Waals surface area contributed by atoms with Crippen molar-refractivity contribution in [3.8, 4) is 5.88 Å². The molecule has 0 spiro atoms. The number of halogens is 2. The Morgan fingerprint density at radius 2 is 2.16 bits per heavy atom. The SMILES string of the molecule is COc1nc(Cl)c(F)c2nc(SC)nc(N3CCOC[C@@](C)(O)C3)c12. The second kappa shape index (κ2) is 7.06. The van der Waals surface area contributed by atoms with Crippen LogP contribution in [-0.2, 0) is 4.74 Å². The molecule has 1 saturated heterocycles. The second-order valence-corrected chi connectivity index (χ2v) is 7.09. The third-order valence-electron chi connectivity index (χ3n) is 3.80. The Morgan fingerprint density at radius 3 is 2.84 bits per heavy atom. The van der Waals surface area contributed by atoms with E-state index in [4.69, 9.17) is 21.1 Å². The quantitative estimate of drug-likeness (QED) is 0.486. The van der Waals surface area contributed by atoms with Crippen LogP contribution in [0.1, 0.15) is 6.92 Å². The lowest BCUT2D eigenvalue weighted by Crippen LogP contribution is -2.42. The Balaban J connectivity index is 2.27. The number of pyridine rings is 1. The fraction of sp³-hybridized carbons (Fsp3) is 0.533. The van der Waals surface area contributed by atoms with Gasteiger partial charge in [-0.1, -0.05) is 23.4 Å². The molecule has 2 aromatic rings. The number of aromatic nitrogens is 3. The number of anilines is 1. The summed E-state index contributed by atoms with van der Waals surface area (Å²) in [5.41, 5.74) is -1.03. The van der Waals surface area contributed by atoms with E-state index in [1.165, 1.54) is 18.9 Å². The van der Waals surface area contributed by atoms with Gasteiger partial charge in [0.05, 0.1) is 26.9 Å². The number of hydrogen-bond acceptors (Lipinski definition) is 8. The van der Waals surface area contributed by atoms with E-state index in [1.54, 1.807) is 13.2 Å². The fourth-order valence-corrected chi connectivity index (χ4v) is 3.25. The molecule has 3 heterocycles. The highest BCUT2D eigenvalue weighted by molar-refractivity contribution is 7.98. The van der Waals surface area contributed by atoms with E-state index in [0.29, 0.717) is 29.5 Å². The molecule has 136 valence electrons. The second-order valence-electron chi connectivity index (χ2n) is 5.95. The summed E-state index contributed by atoms with van der Waals surface area (Å²) in [4.78, 5) is 14.5. The molecule has 25 heavy (non-hydrogen) atoms. The van der Waals surface area contributed by atoms with Crippen LogP contribution < -0.4 is 9.64 Å². The van der Waals surface area contributed by atoms with E-state index < -0.39 is 11.4 Å². The Labute approximate surface area is 153 Å². The summed E-state index contributed by atoms with van der Waals surface area (Å²) in [7, 11) is 1.42. The highest BCUT2D eigenvalue weighted by Gasteiger charge is 2.31. The molecule has 1 N–H and O–H groups in total. The first kappa shape index (κ1) is 18.4. The van der Waals surface area contributed by atoms with Crippen LogP contribution in [0.2, 0.25) is 5.15 Å². The number of rotatable bonds is 3. The minimum Gasteiger partial charge on any atom is -0.480 e. The molecule has 1 aliphatic heterocycles. The van der Waals surface area contributed by atoms with Crippen LogP contribution in [0.4, 0.5) is 10.2 Å². The maximum absolute atomic E-state index is 14.6. The number of hydrogen-bond donors (Lipinski definition) is 1. The lowest BCUT2D eigenvalue weighted by atomic mass is 10.1. The van der Waals surface area contributed by atoms with E-state index in [-0.39, 0.29) is 29.7 Å². The number of fused-ring (bicyclic) bond motifs is 1. The van der Waals surface area contributed by atoms with Crippen molar-refractivity contribution < 1.29 is 19.0 Å². The first-order chi connectivity index (χ1) is 11.9. The number of β-amino-alcohol motifs (C(OH)–C–C–N with tert-alkyl or cyclic N) is 1. The van der Waals surface area contributed by atoms with Gasteiger partial charge < -0.3 is 19.5 Å².